The van der Waals surface area contributed by atoms with Crippen molar-refractivity contribution in [2.24, 2.45) is 5.92 Å². The van der Waals surface area contributed by atoms with Gasteiger partial charge in [-0.15, -0.1) is 0 Å². The lowest BCUT2D eigenvalue weighted by atomic mass is 10.0. The normalized spacial score (nSPS) is 13.4. The maximum absolute atomic E-state index is 11.7. The Hall–Kier alpha value is -0.990. The Balaban J connectivity index is 3.25. The molecule has 112 valence electrons. The molecule has 0 fully saturated rings. The molecule has 0 aliphatic heterocycles. The second-order valence-electron chi connectivity index (χ2n) is 4.72. The molecule has 0 saturated carbocycles. The number of nitrogens with one attached hydrogen (secondary N) is 1. The van der Waals surface area contributed by atoms with Crippen molar-refractivity contribution in [3.05, 3.63) is 33.9 Å². The van der Waals surface area contributed by atoms with Crippen LogP contribution in [0.2, 0.25) is 0 Å². The first-order chi connectivity index (χ1) is 9.19. The highest BCUT2D eigenvalue weighted by molar-refractivity contribution is 9.09. The molecule has 0 spiro atoms. The van der Waals surface area contributed by atoms with E-state index in [4.69, 9.17) is 0 Å². The Kier molecular flexibility index (Phi) is 5.67. The van der Waals surface area contributed by atoms with Gasteiger partial charge in [-0.05, 0) is 25.5 Å². The van der Waals surface area contributed by atoms with E-state index in [2.05, 4.69) is 20.7 Å². The van der Waals surface area contributed by atoms with Gasteiger partial charge in [0.05, 0.1) is 9.82 Å². The van der Waals surface area contributed by atoms with E-state index in [-0.39, 0.29) is 15.4 Å². The van der Waals surface area contributed by atoms with Crippen molar-refractivity contribution >= 4 is 31.6 Å². The Morgan fingerprint density at radius 1 is 1.40 bits per heavy atom. The third kappa shape index (κ3) is 4.00. The van der Waals surface area contributed by atoms with Crippen molar-refractivity contribution in [1.29, 1.82) is 0 Å². The Labute approximate surface area is 126 Å². The molecular formula is C12H17BrN2O4S. The highest BCUT2D eigenvalue weighted by Gasteiger charge is 2.22. The molecule has 1 unspecified atom stereocenters. The predicted molar refractivity (Wildman–Crippen MR) is 80.6 cm³/mol. The van der Waals surface area contributed by atoms with Gasteiger partial charge >= 0.3 is 0 Å². The van der Waals surface area contributed by atoms with Crippen molar-refractivity contribution in [2.75, 3.05) is 7.05 Å². The molecule has 0 aromatic heterocycles. The molecule has 1 N–H and O–H groups in total. The topological polar surface area (TPSA) is 89.3 Å². The van der Waals surface area contributed by atoms with Crippen LogP contribution in [0, 0.1) is 16.0 Å². The number of nitrogens with zero attached hydrogens (tertiary/aromatic N) is 1. The number of rotatable bonds is 6. The average Bonchev–Trinajstić information content (AvgIpc) is 2.38. The quantitative estimate of drug-likeness (QED) is 0.476. The molecule has 1 aromatic rings. The largest absolute Gasteiger partial charge is 0.273 e. The van der Waals surface area contributed by atoms with Crippen molar-refractivity contribution < 1.29 is 13.3 Å². The molecule has 0 radical (unpaired) electrons. The van der Waals surface area contributed by atoms with Crippen molar-refractivity contribution in [3.8, 4) is 0 Å². The van der Waals surface area contributed by atoms with Crippen LogP contribution < -0.4 is 4.72 Å². The number of hydrogen-bond acceptors (Lipinski definition) is 4. The summed E-state index contributed by atoms with van der Waals surface area (Å²) in [5, 5.41) is 11.1. The molecular weight excluding hydrogens is 348 g/mol. The first-order valence-corrected chi connectivity index (χ1v) is 8.44. The molecule has 0 aliphatic carbocycles. The molecule has 1 atom stereocenters. The second kappa shape index (κ2) is 6.64. The van der Waals surface area contributed by atoms with Gasteiger partial charge in [-0.25, -0.2) is 13.1 Å². The van der Waals surface area contributed by atoms with Gasteiger partial charge in [-0.2, -0.15) is 0 Å². The first kappa shape index (κ1) is 17.1. The first-order valence-electron chi connectivity index (χ1n) is 6.04. The van der Waals surface area contributed by atoms with Crippen LogP contribution in [0.15, 0.2) is 23.1 Å². The van der Waals surface area contributed by atoms with Crippen LogP contribution in [0.5, 0.6) is 0 Å². The smallest absolute Gasteiger partial charge is 0.258 e. The molecule has 20 heavy (non-hydrogen) atoms. The van der Waals surface area contributed by atoms with E-state index >= 15 is 0 Å². The predicted octanol–water partition coefficient (Wildman–Crippen LogP) is 2.46. The standard InChI is InChI=1S/C12H17BrN2O4S/c1-8(2)11(13)6-9-4-5-10(20(18,19)14-3)7-12(9)15(16)17/h4-5,7-8,11,14H,6H2,1-3H3. The van der Waals surface area contributed by atoms with Gasteiger partial charge in [0.15, 0.2) is 0 Å². The van der Waals surface area contributed by atoms with Crippen LogP contribution in [0.4, 0.5) is 5.69 Å². The van der Waals surface area contributed by atoms with E-state index in [9.17, 15) is 18.5 Å². The van der Waals surface area contributed by atoms with Gasteiger partial charge in [0.25, 0.3) is 5.69 Å². The minimum Gasteiger partial charge on any atom is -0.258 e. The van der Waals surface area contributed by atoms with Gasteiger partial charge in [0, 0.05) is 16.5 Å². The fourth-order valence-electron chi connectivity index (χ4n) is 1.62. The number of sulfonamides is 1. The molecule has 0 bridgehead atoms. The van der Waals surface area contributed by atoms with Crippen LogP contribution in [0.25, 0.3) is 0 Å². The van der Waals surface area contributed by atoms with Gasteiger partial charge < -0.3 is 0 Å². The van der Waals surface area contributed by atoms with Crippen molar-refractivity contribution in [3.63, 3.8) is 0 Å². The zero-order chi connectivity index (χ0) is 15.5. The highest BCUT2D eigenvalue weighted by Crippen LogP contribution is 2.27. The lowest BCUT2D eigenvalue weighted by molar-refractivity contribution is -0.385. The summed E-state index contributed by atoms with van der Waals surface area (Å²) in [7, 11) is -2.42. The van der Waals surface area contributed by atoms with Crippen LogP contribution in [0.3, 0.4) is 0 Å². The fourth-order valence-corrected chi connectivity index (χ4v) is 2.72. The summed E-state index contributed by atoms with van der Waals surface area (Å²) < 4.78 is 25.5. The second-order valence-corrected chi connectivity index (χ2v) is 7.78. The van der Waals surface area contributed by atoms with Crippen LogP contribution in [-0.4, -0.2) is 25.2 Å². The zero-order valence-corrected chi connectivity index (χ0v) is 13.9. The maximum atomic E-state index is 11.7. The minimum atomic E-state index is -3.68. The van der Waals surface area contributed by atoms with E-state index in [1.165, 1.54) is 19.2 Å². The number of benzene rings is 1. The molecule has 1 rings (SSSR count). The third-order valence-corrected chi connectivity index (χ3v) is 5.76. The summed E-state index contributed by atoms with van der Waals surface area (Å²) in [6.45, 7) is 4.01. The summed E-state index contributed by atoms with van der Waals surface area (Å²) in [5.74, 6) is 0.315. The number of alkyl halides is 1. The van der Waals surface area contributed by atoms with Crippen LogP contribution in [0.1, 0.15) is 19.4 Å². The van der Waals surface area contributed by atoms with Gasteiger partial charge in [-0.1, -0.05) is 35.8 Å². The molecule has 0 amide bonds. The summed E-state index contributed by atoms with van der Waals surface area (Å²) in [6.07, 6.45) is 0.466. The van der Waals surface area contributed by atoms with E-state index in [0.29, 0.717) is 17.9 Å². The minimum absolute atomic E-state index is 0.0907. The number of nitro benzene ring substituents is 1. The van der Waals surface area contributed by atoms with Crippen molar-refractivity contribution in [1.82, 2.24) is 4.72 Å². The summed E-state index contributed by atoms with van der Waals surface area (Å²) in [5.41, 5.74) is 0.340. The number of halogens is 1. The molecule has 0 aliphatic rings. The maximum Gasteiger partial charge on any atom is 0.273 e. The third-order valence-electron chi connectivity index (χ3n) is 2.97. The van der Waals surface area contributed by atoms with E-state index < -0.39 is 14.9 Å². The van der Waals surface area contributed by atoms with Gasteiger partial charge in [0.1, 0.15) is 0 Å². The zero-order valence-electron chi connectivity index (χ0n) is 11.5. The molecule has 1 aromatic carbocycles. The molecule has 6 nitrogen and oxygen atoms in total. The Bertz CT molecular complexity index is 601. The Morgan fingerprint density at radius 2 is 2.00 bits per heavy atom. The lowest BCUT2D eigenvalue weighted by Gasteiger charge is -2.14. The number of hydrogen-bond donors (Lipinski definition) is 1. The molecule has 8 heteroatoms. The SMILES string of the molecule is CNS(=O)(=O)c1ccc(CC(Br)C(C)C)c([N+](=O)[O-])c1. The van der Waals surface area contributed by atoms with Gasteiger partial charge in [-0.3, -0.25) is 10.1 Å². The van der Waals surface area contributed by atoms with E-state index in [1.54, 1.807) is 0 Å². The van der Waals surface area contributed by atoms with E-state index in [1.807, 2.05) is 13.8 Å². The molecule has 0 heterocycles. The fraction of sp³-hybridized carbons (Fsp3) is 0.500. The monoisotopic (exact) mass is 364 g/mol. The Morgan fingerprint density at radius 3 is 2.45 bits per heavy atom. The van der Waals surface area contributed by atoms with Crippen molar-refractivity contribution in [2.45, 2.75) is 30.0 Å². The van der Waals surface area contributed by atoms with E-state index in [0.717, 1.165) is 6.07 Å². The summed E-state index contributed by atoms with van der Waals surface area (Å²) >= 11 is 3.48. The average molecular weight is 365 g/mol. The summed E-state index contributed by atoms with van der Waals surface area (Å²) in [6, 6.07) is 3.98. The summed E-state index contributed by atoms with van der Waals surface area (Å²) in [4.78, 5) is 10.5. The highest BCUT2D eigenvalue weighted by atomic mass is 79.9. The van der Waals surface area contributed by atoms with Gasteiger partial charge in [0.2, 0.25) is 10.0 Å². The number of nitro groups is 1. The van der Waals surface area contributed by atoms with Crippen LogP contribution >= 0.6 is 15.9 Å². The lowest BCUT2D eigenvalue weighted by Crippen LogP contribution is -2.19. The molecule has 0 saturated heterocycles. The van der Waals surface area contributed by atoms with Crippen LogP contribution in [-0.2, 0) is 16.4 Å².